The van der Waals surface area contributed by atoms with Gasteiger partial charge in [0.15, 0.2) is 0 Å². The van der Waals surface area contributed by atoms with Gasteiger partial charge in [-0.25, -0.2) is 4.39 Å². The number of benzene rings is 2. The molecule has 0 bridgehead atoms. The Morgan fingerprint density at radius 3 is 2.44 bits per heavy atom. The summed E-state index contributed by atoms with van der Waals surface area (Å²) < 4.78 is 20.6. The normalized spacial score (nSPS) is 19.4. The Labute approximate surface area is 191 Å². The second-order valence-electron chi connectivity index (χ2n) is 9.47. The van der Waals surface area contributed by atoms with Crippen molar-refractivity contribution in [3.05, 3.63) is 59.9 Å². The number of nitrogens with one attached hydrogen (secondary N) is 1. The largest absolute Gasteiger partial charge is 0.492 e. The van der Waals surface area contributed by atoms with Crippen LogP contribution in [0, 0.1) is 11.7 Å². The number of rotatable bonds is 7. The minimum atomic E-state index is -0.801. The summed E-state index contributed by atoms with van der Waals surface area (Å²) in [4.78, 5) is 15.8. The van der Waals surface area contributed by atoms with Crippen LogP contribution in [0.2, 0.25) is 0 Å². The zero-order valence-electron chi connectivity index (χ0n) is 19.1. The highest BCUT2D eigenvalue weighted by Crippen LogP contribution is 2.41. The van der Waals surface area contributed by atoms with Gasteiger partial charge in [0, 0.05) is 17.8 Å². The van der Waals surface area contributed by atoms with E-state index in [2.05, 4.69) is 17.1 Å². The number of nitrogens with zero attached hydrogens (tertiary/aromatic N) is 1. The SMILES string of the molecule is CC1CCN(CCOc2ccc(NC(=O)C3(c4ccccc4F)CCCCC3)cc2)CC1. The fraction of sp³-hybridized carbons (Fsp3) is 0.519. The molecule has 4 nitrogen and oxygen atoms in total. The van der Waals surface area contributed by atoms with E-state index in [1.807, 2.05) is 30.3 Å². The standard InChI is InChI=1S/C27H35FN2O2/c1-21-13-17-30(18-14-21)19-20-32-23-11-9-22(10-12-23)29-26(31)27(15-5-2-6-16-27)24-7-3-4-8-25(24)28/h3-4,7-12,21H,2,5-6,13-20H2,1H3,(H,29,31). The third kappa shape index (κ3) is 5.32. The third-order valence-corrected chi connectivity index (χ3v) is 7.20. The van der Waals surface area contributed by atoms with Crippen molar-refractivity contribution in [1.29, 1.82) is 0 Å². The van der Waals surface area contributed by atoms with E-state index >= 15 is 0 Å². The zero-order chi connectivity index (χ0) is 22.4. The molecule has 0 spiro atoms. The summed E-state index contributed by atoms with van der Waals surface area (Å²) in [6.45, 7) is 6.23. The molecule has 0 aromatic heterocycles. The first-order chi connectivity index (χ1) is 15.6. The van der Waals surface area contributed by atoms with Crippen molar-refractivity contribution in [3.63, 3.8) is 0 Å². The molecule has 5 heteroatoms. The number of carbonyl (C=O) groups excluding carboxylic acids is 1. The van der Waals surface area contributed by atoms with Crippen LogP contribution in [-0.4, -0.2) is 37.0 Å². The van der Waals surface area contributed by atoms with Crippen molar-refractivity contribution in [1.82, 2.24) is 4.90 Å². The van der Waals surface area contributed by atoms with Gasteiger partial charge in [0.1, 0.15) is 18.2 Å². The van der Waals surface area contributed by atoms with E-state index < -0.39 is 5.41 Å². The first-order valence-electron chi connectivity index (χ1n) is 12.1. The molecule has 172 valence electrons. The van der Waals surface area contributed by atoms with Crippen LogP contribution in [0.5, 0.6) is 5.75 Å². The molecule has 2 fully saturated rings. The molecular formula is C27H35FN2O2. The van der Waals surface area contributed by atoms with E-state index in [0.29, 0.717) is 30.7 Å². The fourth-order valence-corrected chi connectivity index (χ4v) is 5.09. The van der Waals surface area contributed by atoms with Crippen molar-refractivity contribution in [3.8, 4) is 5.75 Å². The van der Waals surface area contributed by atoms with Gasteiger partial charge in [-0.3, -0.25) is 9.69 Å². The molecule has 1 saturated heterocycles. The first-order valence-corrected chi connectivity index (χ1v) is 12.1. The highest BCUT2D eigenvalue weighted by atomic mass is 19.1. The minimum Gasteiger partial charge on any atom is -0.492 e. The fourth-order valence-electron chi connectivity index (χ4n) is 5.09. The molecule has 4 rings (SSSR count). The van der Waals surface area contributed by atoms with Gasteiger partial charge in [-0.05, 0) is 75.0 Å². The number of piperidine rings is 1. The summed E-state index contributed by atoms with van der Waals surface area (Å²) in [6, 6.07) is 14.2. The lowest BCUT2D eigenvalue weighted by Gasteiger charge is -2.36. The molecule has 2 aliphatic rings. The number of hydrogen-bond donors (Lipinski definition) is 1. The molecule has 1 amide bonds. The van der Waals surface area contributed by atoms with Crippen molar-refractivity contribution in [2.45, 2.75) is 57.3 Å². The van der Waals surface area contributed by atoms with Gasteiger partial charge in [0.05, 0.1) is 5.41 Å². The lowest BCUT2D eigenvalue weighted by Crippen LogP contribution is -2.42. The van der Waals surface area contributed by atoms with Gasteiger partial charge in [-0.15, -0.1) is 0 Å². The summed E-state index contributed by atoms with van der Waals surface area (Å²) in [5.74, 6) is 1.22. The first kappa shape index (κ1) is 22.8. The maximum atomic E-state index is 14.6. The maximum absolute atomic E-state index is 14.6. The van der Waals surface area contributed by atoms with Crippen LogP contribution in [-0.2, 0) is 10.2 Å². The average molecular weight is 439 g/mol. The molecule has 0 atom stereocenters. The Morgan fingerprint density at radius 1 is 1.06 bits per heavy atom. The van der Waals surface area contributed by atoms with Gasteiger partial charge >= 0.3 is 0 Å². The van der Waals surface area contributed by atoms with Crippen molar-refractivity contribution in [2.75, 3.05) is 31.6 Å². The number of anilines is 1. The molecule has 1 aliphatic heterocycles. The molecule has 32 heavy (non-hydrogen) atoms. The van der Waals surface area contributed by atoms with Crippen LogP contribution in [0.3, 0.4) is 0 Å². The van der Waals surface area contributed by atoms with Crippen molar-refractivity contribution < 1.29 is 13.9 Å². The number of likely N-dealkylation sites (tertiary alicyclic amines) is 1. The van der Waals surface area contributed by atoms with Crippen LogP contribution in [0.15, 0.2) is 48.5 Å². The molecule has 1 N–H and O–H groups in total. The lowest BCUT2D eigenvalue weighted by atomic mass is 9.68. The number of ether oxygens (including phenoxy) is 1. The quantitative estimate of drug-likeness (QED) is 0.596. The molecular weight excluding hydrogens is 403 g/mol. The Bertz CT molecular complexity index is 885. The van der Waals surface area contributed by atoms with Gasteiger partial charge in [-0.1, -0.05) is 44.4 Å². The van der Waals surface area contributed by atoms with Crippen LogP contribution in [0.25, 0.3) is 0 Å². The monoisotopic (exact) mass is 438 g/mol. The van der Waals surface area contributed by atoms with E-state index in [1.165, 1.54) is 18.9 Å². The van der Waals surface area contributed by atoms with Crippen LogP contribution < -0.4 is 10.1 Å². The number of halogens is 1. The molecule has 2 aromatic rings. The van der Waals surface area contributed by atoms with Crippen LogP contribution >= 0.6 is 0 Å². The van der Waals surface area contributed by atoms with E-state index in [-0.39, 0.29) is 11.7 Å². The predicted molar refractivity (Wildman–Crippen MR) is 127 cm³/mol. The summed E-state index contributed by atoms with van der Waals surface area (Å²) in [6.07, 6.45) is 6.85. The van der Waals surface area contributed by atoms with E-state index in [0.717, 1.165) is 50.6 Å². The molecule has 1 heterocycles. The molecule has 0 radical (unpaired) electrons. The highest BCUT2D eigenvalue weighted by Gasteiger charge is 2.42. The zero-order valence-corrected chi connectivity index (χ0v) is 19.1. The second kappa shape index (κ2) is 10.5. The molecule has 2 aromatic carbocycles. The van der Waals surface area contributed by atoms with Crippen LogP contribution in [0.4, 0.5) is 10.1 Å². The smallest absolute Gasteiger partial charge is 0.235 e. The average Bonchev–Trinajstić information content (AvgIpc) is 2.82. The van der Waals surface area contributed by atoms with Crippen molar-refractivity contribution >= 4 is 11.6 Å². The number of amides is 1. The summed E-state index contributed by atoms with van der Waals surface area (Å²) in [5, 5.41) is 3.05. The number of carbonyl (C=O) groups is 1. The topological polar surface area (TPSA) is 41.6 Å². The maximum Gasteiger partial charge on any atom is 0.235 e. The summed E-state index contributed by atoms with van der Waals surface area (Å²) >= 11 is 0. The third-order valence-electron chi connectivity index (χ3n) is 7.20. The highest BCUT2D eigenvalue weighted by molar-refractivity contribution is 5.99. The van der Waals surface area contributed by atoms with Gasteiger partial charge in [0.25, 0.3) is 0 Å². The minimum absolute atomic E-state index is 0.115. The Balaban J connectivity index is 1.35. The van der Waals surface area contributed by atoms with Crippen molar-refractivity contribution in [2.24, 2.45) is 5.92 Å². The Morgan fingerprint density at radius 2 is 1.75 bits per heavy atom. The van der Waals surface area contributed by atoms with Gasteiger partial charge < -0.3 is 10.1 Å². The van der Waals surface area contributed by atoms with E-state index in [4.69, 9.17) is 4.74 Å². The van der Waals surface area contributed by atoms with E-state index in [1.54, 1.807) is 12.1 Å². The lowest BCUT2D eigenvalue weighted by molar-refractivity contribution is -0.122. The predicted octanol–water partition coefficient (Wildman–Crippen LogP) is 5.78. The van der Waals surface area contributed by atoms with Gasteiger partial charge in [-0.2, -0.15) is 0 Å². The summed E-state index contributed by atoms with van der Waals surface area (Å²) in [7, 11) is 0. The van der Waals surface area contributed by atoms with Gasteiger partial charge in [0.2, 0.25) is 5.91 Å². The van der Waals surface area contributed by atoms with E-state index in [9.17, 15) is 9.18 Å². The Hall–Kier alpha value is -2.40. The Kier molecular flexibility index (Phi) is 7.46. The second-order valence-corrected chi connectivity index (χ2v) is 9.47. The molecule has 1 saturated carbocycles. The number of hydrogen-bond acceptors (Lipinski definition) is 3. The molecule has 0 unspecified atom stereocenters. The van der Waals surface area contributed by atoms with Crippen LogP contribution in [0.1, 0.15) is 57.4 Å². The molecule has 1 aliphatic carbocycles. The summed E-state index contributed by atoms with van der Waals surface area (Å²) in [5.41, 5.74) is 0.433.